The summed E-state index contributed by atoms with van der Waals surface area (Å²) >= 11 is 0. The van der Waals surface area contributed by atoms with E-state index in [0.29, 0.717) is 5.56 Å². The molecule has 5 aliphatic carbocycles. The zero-order chi connectivity index (χ0) is 30.0. The maximum absolute atomic E-state index is 14.1. The number of ether oxygens (including phenoxy) is 2. The van der Waals surface area contributed by atoms with Crippen molar-refractivity contribution >= 4 is 34.8 Å². The fourth-order valence-electron chi connectivity index (χ4n) is 7.28. The second kappa shape index (κ2) is 8.10. The van der Waals surface area contributed by atoms with Gasteiger partial charge in [0.05, 0.1) is 35.2 Å². The van der Waals surface area contributed by atoms with Crippen LogP contribution in [0, 0.1) is 12.3 Å². The van der Waals surface area contributed by atoms with Crippen LogP contribution < -0.4 is 4.74 Å². The molecule has 2 aromatic carbocycles. The average Bonchev–Trinajstić information content (AvgIpc) is 3.16. The van der Waals surface area contributed by atoms with E-state index in [9.17, 15) is 44.7 Å². The smallest absolute Gasteiger partial charge is 0.358 e. The molecule has 2 bridgehead atoms. The Hall–Kier alpha value is -4.90. The van der Waals surface area contributed by atoms with Gasteiger partial charge in [-0.3, -0.25) is 14.4 Å². The number of carbonyl (C=O) groups is 4. The Morgan fingerprint density at radius 1 is 1.02 bits per heavy atom. The van der Waals surface area contributed by atoms with Gasteiger partial charge in [0.1, 0.15) is 40.4 Å². The van der Waals surface area contributed by atoms with E-state index < -0.39 is 69.2 Å². The Bertz CT molecular complexity index is 1830. The number of esters is 1. The van der Waals surface area contributed by atoms with Gasteiger partial charge < -0.3 is 35.0 Å². The number of phenols is 2. The van der Waals surface area contributed by atoms with Gasteiger partial charge >= 0.3 is 5.97 Å². The molecule has 1 saturated carbocycles. The normalized spacial score (nSPS) is 28.8. The zero-order valence-corrected chi connectivity index (χ0v) is 22.3. The Morgan fingerprint density at radius 2 is 1.74 bits per heavy atom. The lowest BCUT2D eigenvalue weighted by atomic mass is 9.62. The summed E-state index contributed by atoms with van der Waals surface area (Å²) < 4.78 is 10.9. The van der Waals surface area contributed by atoms with Crippen molar-refractivity contribution in [2.45, 2.75) is 43.8 Å². The molecular formula is C31H24O11. The summed E-state index contributed by atoms with van der Waals surface area (Å²) in [6.07, 6.45) is 0.757. The minimum Gasteiger partial charge on any atom is -0.507 e. The van der Waals surface area contributed by atoms with Gasteiger partial charge in [0.15, 0.2) is 17.3 Å². The fraction of sp³-hybridized carbons (Fsp3) is 0.290. The highest BCUT2D eigenvalue weighted by Crippen LogP contribution is 2.59. The fourth-order valence-corrected chi connectivity index (χ4v) is 7.28. The van der Waals surface area contributed by atoms with Crippen LogP contribution in [0.3, 0.4) is 0 Å². The maximum Gasteiger partial charge on any atom is 0.358 e. The van der Waals surface area contributed by atoms with Crippen molar-refractivity contribution in [3.63, 3.8) is 0 Å². The number of Topliss-reactive ketones (excluding diaryl/α,β-unsaturated/α-hetero) is 3. The van der Waals surface area contributed by atoms with E-state index in [1.807, 2.05) is 0 Å². The third-order valence-electron chi connectivity index (χ3n) is 9.10. The molecule has 8 rings (SSSR count). The van der Waals surface area contributed by atoms with Gasteiger partial charge in [-0.15, -0.1) is 0 Å². The molecule has 4 atom stereocenters. The van der Waals surface area contributed by atoms with Crippen molar-refractivity contribution in [3.05, 3.63) is 74.9 Å². The third-order valence-corrected chi connectivity index (χ3v) is 9.10. The van der Waals surface area contributed by atoms with Crippen LogP contribution in [0.2, 0.25) is 0 Å². The molecule has 1 aliphatic heterocycles. The largest absolute Gasteiger partial charge is 0.507 e. The summed E-state index contributed by atoms with van der Waals surface area (Å²) in [5.41, 5.74) is -4.61. The minimum atomic E-state index is -2.41. The number of phenolic OH excluding ortho intramolecular Hbond substituents is 2. The number of aliphatic hydroxyl groups excluding tert-OH is 3. The van der Waals surface area contributed by atoms with Crippen molar-refractivity contribution < 1.29 is 54.2 Å². The van der Waals surface area contributed by atoms with Crippen LogP contribution in [0.5, 0.6) is 17.2 Å². The summed E-state index contributed by atoms with van der Waals surface area (Å²) in [7, 11) is 1.03. The lowest BCUT2D eigenvalue weighted by Crippen LogP contribution is -2.61. The topological polar surface area (TPSA) is 188 Å². The predicted molar refractivity (Wildman–Crippen MR) is 143 cm³/mol. The number of rotatable bonds is 1. The van der Waals surface area contributed by atoms with Crippen molar-refractivity contribution in [3.8, 4) is 17.2 Å². The van der Waals surface area contributed by atoms with Gasteiger partial charge in [0.25, 0.3) is 5.60 Å². The first-order chi connectivity index (χ1) is 19.9. The molecule has 0 saturated heterocycles. The predicted octanol–water partition coefficient (Wildman–Crippen LogP) is 2.63. The molecule has 11 heteroatoms. The van der Waals surface area contributed by atoms with Crippen molar-refractivity contribution in [1.29, 1.82) is 0 Å². The van der Waals surface area contributed by atoms with Gasteiger partial charge in [-0.1, -0.05) is 12.2 Å². The van der Waals surface area contributed by atoms with Crippen molar-refractivity contribution in [2.24, 2.45) is 5.41 Å². The first kappa shape index (κ1) is 26.0. The molecule has 6 aliphatic rings. The minimum absolute atomic E-state index is 0.0176. The number of aryl methyl sites for hydroxylation is 1. The number of carbonyl (C=O) groups excluding carboxylic acids is 4. The molecule has 0 unspecified atom stereocenters. The standard InChI is InChI=1S/C31H24O11/c1-11-7-14-20(16(33)8-11)26(37)23-24(35)13-5-6-30(23,28(14)39)10-12-9-17-21(25(36)19(12)13)27(38)22-15(32)3-4-18(34)31(22,42-17)29(40)41-2/h5-9,13,18,33-34,36-38H,3-4,10H2,1-2H3/t13-,18-,30+,31+/m0/s1. The molecule has 1 heterocycles. The van der Waals surface area contributed by atoms with E-state index >= 15 is 0 Å². The lowest BCUT2D eigenvalue weighted by molar-refractivity contribution is -0.169. The second-order valence-electron chi connectivity index (χ2n) is 11.3. The first-order valence-electron chi connectivity index (χ1n) is 13.3. The van der Waals surface area contributed by atoms with Crippen LogP contribution in [-0.2, 0) is 25.5 Å². The van der Waals surface area contributed by atoms with E-state index in [4.69, 9.17) is 9.47 Å². The average molecular weight is 573 g/mol. The van der Waals surface area contributed by atoms with Crippen LogP contribution in [-0.4, -0.2) is 67.7 Å². The second-order valence-corrected chi connectivity index (χ2v) is 11.3. The van der Waals surface area contributed by atoms with Crippen LogP contribution in [0.4, 0.5) is 0 Å². The first-order valence-corrected chi connectivity index (χ1v) is 13.3. The van der Waals surface area contributed by atoms with Gasteiger partial charge in [0.2, 0.25) is 0 Å². The van der Waals surface area contributed by atoms with Crippen LogP contribution in [0.15, 0.2) is 41.5 Å². The molecular weight excluding hydrogens is 548 g/mol. The Labute approximate surface area is 237 Å². The summed E-state index contributed by atoms with van der Waals surface area (Å²) in [6, 6.07) is 4.22. The van der Waals surface area contributed by atoms with E-state index in [2.05, 4.69) is 0 Å². The number of hydrogen-bond donors (Lipinski definition) is 5. The van der Waals surface area contributed by atoms with Gasteiger partial charge in [-0.05, 0) is 49.1 Å². The number of hydrogen-bond acceptors (Lipinski definition) is 11. The Morgan fingerprint density at radius 3 is 2.45 bits per heavy atom. The lowest BCUT2D eigenvalue weighted by Gasteiger charge is -2.43. The zero-order valence-electron chi connectivity index (χ0n) is 22.3. The number of benzene rings is 2. The Balaban J connectivity index is 1.50. The van der Waals surface area contributed by atoms with Crippen LogP contribution in [0.1, 0.15) is 56.9 Å². The molecule has 214 valence electrons. The van der Waals surface area contributed by atoms with E-state index in [1.54, 1.807) is 6.92 Å². The molecule has 5 N–H and O–H groups in total. The van der Waals surface area contributed by atoms with E-state index in [1.165, 1.54) is 30.4 Å². The highest BCUT2D eigenvalue weighted by atomic mass is 16.6. The Kier molecular flexibility index (Phi) is 5.02. The van der Waals surface area contributed by atoms with Gasteiger partial charge in [0, 0.05) is 17.5 Å². The molecule has 42 heavy (non-hydrogen) atoms. The summed E-state index contributed by atoms with van der Waals surface area (Å²) in [5.74, 6) is -6.91. The third kappa shape index (κ3) is 2.83. The maximum atomic E-state index is 14.1. The highest BCUT2D eigenvalue weighted by Gasteiger charge is 2.62. The summed E-state index contributed by atoms with van der Waals surface area (Å²) in [5, 5.41) is 55.8. The van der Waals surface area contributed by atoms with Gasteiger partial charge in [-0.25, -0.2) is 4.79 Å². The quantitative estimate of drug-likeness (QED) is 0.250. The summed E-state index contributed by atoms with van der Waals surface area (Å²) in [4.78, 5) is 54.1. The number of aromatic hydroxyl groups is 2. The number of aliphatic hydroxyl groups is 3. The summed E-state index contributed by atoms with van der Waals surface area (Å²) in [6.45, 7) is 1.67. The molecule has 0 aromatic heterocycles. The van der Waals surface area contributed by atoms with E-state index in [0.717, 1.165) is 7.11 Å². The SMILES string of the molecule is COC(=O)[C@]12Oc3cc4c(c(O)c3C(O)=C1C(=O)CC[C@@H]2O)[C@@H]1C=C[C@]2(C4)C(=O)c3cc(C)cc(O)c3C(O)=C2C1=O. The molecule has 0 amide bonds. The number of fused-ring (bicyclic) bond motifs is 3. The molecule has 1 fully saturated rings. The van der Waals surface area contributed by atoms with Crippen molar-refractivity contribution in [1.82, 2.24) is 0 Å². The van der Waals surface area contributed by atoms with E-state index in [-0.39, 0.29) is 64.2 Å². The number of allylic oxidation sites excluding steroid dienone is 3. The highest BCUT2D eigenvalue weighted by molar-refractivity contribution is 6.23. The van der Waals surface area contributed by atoms with Crippen molar-refractivity contribution in [2.75, 3.05) is 7.11 Å². The monoisotopic (exact) mass is 572 g/mol. The molecule has 11 nitrogen and oxygen atoms in total. The van der Waals surface area contributed by atoms with Gasteiger partial charge in [-0.2, -0.15) is 0 Å². The number of methoxy groups -OCH3 is 1. The molecule has 0 radical (unpaired) electrons. The van der Waals surface area contributed by atoms with Crippen LogP contribution in [0.25, 0.3) is 11.5 Å². The van der Waals surface area contributed by atoms with Crippen LogP contribution >= 0.6 is 0 Å². The molecule has 1 spiro atoms. The molecule has 2 aromatic rings. The number of ketones is 3.